The van der Waals surface area contributed by atoms with Crippen molar-refractivity contribution in [2.75, 3.05) is 6.54 Å². The molecule has 2 aliphatic rings. The summed E-state index contributed by atoms with van der Waals surface area (Å²) in [4.78, 5) is 38.9. The lowest BCUT2D eigenvalue weighted by Crippen LogP contribution is -2.43. The van der Waals surface area contributed by atoms with Gasteiger partial charge in [0.15, 0.2) is 11.6 Å². The molecule has 1 aliphatic carbocycles. The SMILES string of the molecule is O=C(O)CCNC(=O)C1CCC(N2C(=O)C(=Cc3cc(-c4ccc(F)c(F)c4)cs3)SC2=S)CC1. The number of nitrogens with one attached hydrogen (secondary N) is 1. The van der Waals surface area contributed by atoms with Crippen LogP contribution in [-0.4, -0.2) is 44.7 Å². The smallest absolute Gasteiger partial charge is 0.305 e. The Balaban J connectivity index is 1.37. The molecule has 0 radical (unpaired) electrons. The van der Waals surface area contributed by atoms with E-state index in [0.29, 0.717) is 40.5 Å². The first-order valence-corrected chi connectivity index (χ1v) is 13.1. The molecular formula is C24H22F2N2O4S3. The number of rotatable bonds is 7. The van der Waals surface area contributed by atoms with Gasteiger partial charge in [-0.25, -0.2) is 8.78 Å². The molecule has 2 fully saturated rings. The molecule has 0 bridgehead atoms. The predicted octanol–water partition coefficient (Wildman–Crippen LogP) is 5.04. The number of halogens is 2. The average molecular weight is 537 g/mol. The van der Waals surface area contributed by atoms with Crippen LogP contribution in [0.5, 0.6) is 0 Å². The van der Waals surface area contributed by atoms with Crippen molar-refractivity contribution in [3.63, 3.8) is 0 Å². The Bertz CT molecular complexity index is 1210. The van der Waals surface area contributed by atoms with Crippen LogP contribution in [0.4, 0.5) is 8.78 Å². The van der Waals surface area contributed by atoms with E-state index in [9.17, 15) is 23.2 Å². The number of thiocarbonyl (C=S) groups is 1. The molecule has 0 spiro atoms. The molecule has 184 valence electrons. The van der Waals surface area contributed by atoms with Crippen LogP contribution >= 0.6 is 35.3 Å². The molecule has 1 saturated carbocycles. The fourth-order valence-electron chi connectivity index (χ4n) is 4.21. The molecule has 2 aromatic rings. The number of nitrogens with zero attached hydrogens (tertiary/aromatic N) is 1. The monoisotopic (exact) mass is 536 g/mol. The molecule has 6 nitrogen and oxygen atoms in total. The molecule has 1 aromatic carbocycles. The summed E-state index contributed by atoms with van der Waals surface area (Å²) in [5, 5.41) is 13.2. The van der Waals surface area contributed by atoms with Crippen LogP contribution in [0.1, 0.15) is 37.0 Å². The molecule has 2 heterocycles. The molecule has 1 aromatic heterocycles. The van der Waals surface area contributed by atoms with Gasteiger partial charge >= 0.3 is 5.97 Å². The molecule has 0 unspecified atom stereocenters. The van der Waals surface area contributed by atoms with Crippen LogP contribution in [-0.2, 0) is 14.4 Å². The van der Waals surface area contributed by atoms with Crippen LogP contribution in [0.2, 0.25) is 0 Å². The maximum atomic E-state index is 13.6. The lowest BCUT2D eigenvalue weighted by molar-refractivity contribution is -0.137. The Morgan fingerprint density at radius 2 is 1.89 bits per heavy atom. The normalized spacial score (nSPS) is 21.5. The van der Waals surface area contributed by atoms with Crippen molar-refractivity contribution in [1.29, 1.82) is 0 Å². The summed E-state index contributed by atoms with van der Waals surface area (Å²) in [6.45, 7) is 0.105. The minimum Gasteiger partial charge on any atom is -0.481 e. The summed E-state index contributed by atoms with van der Waals surface area (Å²) >= 11 is 8.10. The van der Waals surface area contributed by atoms with Gasteiger partial charge in [-0.05, 0) is 66.5 Å². The number of amides is 2. The minimum atomic E-state index is -0.959. The maximum Gasteiger partial charge on any atom is 0.305 e. The van der Waals surface area contributed by atoms with Gasteiger partial charge in [-0.15, -0.1) is 11.3 Å². The van der Waals surface area contributed by atoms with E-state index in [0.717, 1.165) is 22.6 Å². The number of aliphatic carboxylic acids is 1. The Labute approximate surface area is 214 Å². The number of carbonyl (C=O) groups is 3. The number of carbonyl (C=O) groups excluding carboxylic acids is 2. The first-order chi connectivity index (χ1) is 16.7. The lowest BCUT2D eigenvalue weighted by atomic mass is 9.85. The van der Waals surface area contributed by atoms with Crippen molar-refractivity contribution in [2.24, 2.45) is 5.92 Å². The summed E-state index contributed by atoms with van der Waals surface area (Å²) in [6.07, 6.45) is 4.11. The highest BCUT2D eigenvalue weighted by atomic mass is 32.2. The fourth-order valence-corrected chi connectivity index (χ4v) is 6.53. The molecule has 11 heteroatoms. The highest BCUT2D eigenvalue weighted by molar-refractivity contribution is 8.26. The molecule has 1 saturated heterocycles. The van der Waals surface area contributed by atoms with E-state index in [-0.39, 0.29) is 36.7 Å². The van der Waals surface area contributed by atoms with Gasteiger partial charge in [0, 0.05) is 23.4 Å². The number of carboxylic acid groups (broad SMARTS) is 1. The Hall–Kier alpha value is -2.63. The fraction of sp³-hybridized carbons (Fsp3) is 0.333. The Morgan fingerprint density at radius 3 is 2.57 bits per heavy atom. The van der Waals surface area contributed by atoms with Gasteiger partial charge in [0.05, 0.1) is 11.3 Å². The second-order valence-corrected chi connectivity index (χ2v) is 11.0. The third-order valence-corrected chi connectivity index (χ3v) is 8.25. The van der Waals surface area contributed by atoms with Gasteiger partial charge < -0.3 is 10.4 Å². The number of hydrogen-bond donors (Lipinski definition) is 2. The quantitative estimate of drug-likeness (QED) is 0.381. The van der Waals surface area contributed by atoms with E-state index in [4.69, 9.17) is 17.3 Å². The van der Waals surface area contributed by atoms with Gasteiger partial charge in [-0.3, -0.25) is 19.3 Å². The van der Waals surface area contributed by atoms with Gasteiger partial charge in [0.25, 0.3) is 5.91 Å². The zero-order valence-corrected chi connectivity index (χ0v) is 20.9. The molecule has 1 aliphatic heterocycles. The van der Waals surface area contributed by atoms with E-state index in [1.54, 1.807) is 11.0 Å². The standard InChI is InChI=1S/C24H22F2N2O4S3/c25-18-6-3-14(10-19(18)26)15-9-17(34-12-15)11-20-23(32)28(24(33)35-20)16-4-1-13(2-5-16)22(31)27-8-7-21(29)30/h3,6,9-13,16H,1-2,4-5,7-8H2,(H,27,31)(H,29,30). The van der Waals surface area contributed by atoms with E-state index >= 15 is 0 Å². The van der Waals surface area contributed by atoms with Crippen LogP contribution < -0.4 is 5.32 Å². The summed E-state index contributed by atoms with van der Waals surface area (Å²) in [5.41, 5.74) is 1.28. The second-order valence-electron chi connectivity index (χ2n) is 8.36. The minimum absolute atomic E-state index is 0.0856. The predicted molar refractivity (Wildman–Crippen MR) is 136 cm³/mol. The number of carboxylic acids is 1. The molecule has 0 atom stereocenters. The highest BCUT2D eigenvalue weighted by Crippen LogP contribution is 2.39. The van der Waals surface area contributed by atoms with Crippen LogP contribution in [0.15, 0.2) is 34.6 Å². The van der Waals surface area contributed by atoms with Crippen LogP contribution in [0.3, 0.4) is 0 Å². The number of hydrogen-bond acceptors (Lipinski definition) is 6. The van der Waals surface area contributed by atoms with Crippen LogP contribution in [0.25, 0.3) is 17.2 Å². The van der Waals surface area contributed by atoms with Crippen molar-refractivity contribution in [3.05, 3.63) is 51.1 Å². The van der Waals surface area contributed by atoms with Gasteiger partial charge in [-0.1, -0.05) is 30.0 Å². The lowest BCUT2D eigenvalue weighted by Gasteiger charge is -2.33. The summed E-state index contributed by atoms with van der Waals surface area (Å²) in [7, 11) is 0. The van der Waals surface area contributed by atoms with Gasteiger partial charge in [-0.2, -0.15) is 0 Å². The van der Waals surface area contributed by atoms with Crippen molar-refractivity contribution >= 4 is 63.5 Å². The van der Waals surface area contributed by atoms with E-state index in [1.165, 1.54) is 29.2 Å². The van der Waals surface area contributed by atoms with Crippen molar-refractivity contribution in [2.45, 2.75) is 38.1 Å². The van der Waals surface area contributed by atoms with E-state index in [1.807, 2.05) is 11.4 Å². The van der Waals surface area contributed by atoms with E-state index in [2.05, 4.69) is 5.32 Å². The van der Waals surface area contributed by atoms with E-state index < -0.39 is 17.6 Å². The molecule has 2 amide bonds. The first-order valence-electron chi connectivity index (χ1n) is 11.0. The molecular weight excluding hydrogens is 514 g/mol. The first kappa shape index (κ1) is 25.5. The molecule has 4 rings (SSSR count). The van der Waals surface area contributed by atoms with Crippen LogP contribution in [0, 0.1) is 17.6 Å². The number of thioether (sulfide) groups is 1. The summed E-state index contributed by atoms with van der Waals surface area (Å²) in [6, 6.07) is 5.47. The summed E-state index contributed by atoms with van der Waals surface area (Å²) < 4.78 is 27.3. The Morgan fingerprint density at radius 1 is 1.14 bits per heavy atom. The second kappa shape index (κ2) is 11.0. The highest BCUT2D eigenvalue weighted by Gasteiger charge is 2.39. The zero-order valence-electron chi connectivity index (χ0n) is 18.5. The van der Waals surface area contributed by atoms with Crippen molar-refractivity contribution in [1.82, 2.24) is 10.2 Å². The Kier molecular flexibility index (Phi) is 7.98. The summed E-state index contributed by atoms with van der Waals surface area (Å²) in [5.74, 6) is -3.29. The number of thiophene rings is 1. The molecule has 2 N–H and O–H groups in total. The third-order valence-electron chi connectivity index (χ3n) is 6.04. The topological polar surface area (TPSA) is 86.7 Å². The van der Waals surface area contributed by atoms with Crippen molar-refractivity contribution in [3.8, 4) is 11.1 Å². The average Bonchev–Trinajstić information content (AvgIpc) is 3.39. The third kappa shape index (κ3) is 5.96. The van der Waals surface area contributed by atoms with Gasteiger partial charge in [0.2, 0.25) is 5.91 Å². The zero-order chi connectivity index (χ0) is 25.1. The maximum absolute atomic E-state index is 13.6. The number of benzene rings is 1. The van der Waals surface area contributed by atoms with Crippen molar-refractivity contribution < 1.29 is 28.3 Å². The van der Waals surface area contributed by atoms with Gasteiger partial charge in [0.1, 0.15) is 4.32 Å². The largest absolute Gasteiger partial charge is 0.481 e. The molecule has 35 heavy (non-hydrogen) atoms.